The molecule has 1 N–H and O–H groups in total. The summed E-state index contributed by atoms with van der Waals surface area (Å²) in [5.74, 6) is -1.05. The third kappa shape index (κ3) is 5.64. The van der Waals surface area contributed by atoms with Gasteiger partial charge >= 0.3 is 5.97 Å². The van der Waals surface area contributed by atoms with Crippen molar-refractivity contribution in [3.63, 3.8) is 0 Å². The largest absolute Gasteiger partial charge is 0.452 e. The first kappa shape index (κ1) is 20.1. The molecule has 1 amide bonds. The zero-order valence-corrected chi connectivity index (χ0v) is 16.5. The van der Waals surface area contributed by atoms with Crippen molar-refractivity contribution in [2.75, 3.05) is 11.9 Å². The molecule has 144 valence electrons. The summed E-state index contributed by atoms with van der Waals surface area (Å²) in [5, 5.41) is 13.4. The second kappa shape index (κ2) is 9.49. The molecule has 1 heterocycles. The van der Waals surface area contributed by atoms with Gasteiger partial charge in [0.05, 0.1) is 17.2 Å². The molecule has 29 heavy (non-hydrogen) atoms. The SMILES string of the molecule is Cc1cccc(/C=C(/C(=O)OCC(=O)Nc2cccc(C#N)c2)c2cccs2)c1. The molecule has 2 aromatic carbocycles. The molecule has 3 aromatic rings. The highest BCUT2D eigenvalue weighted by Crippen LogP contribution is 2.24. The second-order valence-corrected chi connectivity index (χ2v) is 7.21. The van der Waals surface area contributed by atoms with Crippen LogP contribution in [0.2, 0.25) is 0 Å². The predicted molar refractivity (Wildman–Crippen MR) is 114 cm³/mol. The van der Waals surface area contributed by atoms with Crippen LogP contribution in [0.3, 0.4) is 0 Å². The van der Waals surface area contributed by atoms with E-state index in [-0.39, 0.29) is 0 Å². The van der Waals surface area contributed by atoms with Crippen LogP contribution in [0.1, 0.15) is 21.6 Å². The van der Waals surface area contributed by atoms with Gasteiger partial charge in [-0.25, -0.2) is 4.79 Å². The zero-order chi connectivity index (χ0) is 20.6. The number of benzene rings is 2. The lowest BCUT2D eigenvalue weighted by molar-refractivity contribution is -0.141. The zero-order valence-electron chi connectivity index (χ0n) is 15.7. The molecule has 3 rings (SSSR count). The average molecular weight is 402 g/mol. The van der Waals surface area contributed by atoms with E-state index in [1.807, 2.05) is 54.8 Å². The molecule has 0 spiro atoms. The van der Waals surface area contributed by atoms with E-state index in [1.165, 1.54) is 11.3 Å². The minimum Gasteiger partial charge on any atom is -0.452 e. The number of anilines is 1. The van der Waals surface area contributed by atoms with Crippen LogP contribution in [0.25, 0.3) is 11.6 Å². The Balaban J connectivity index is 1.70. The molecule has 0 bridgehead atoms. The van der Waals surface area contributed by atoms with E-state index in [0.29, 0.717) is 16.8 Å². The van der Waals surface area contributed by atoms with E-state index in [2.05, 4.69) is 5.32 Å². The molecule has 0 fully saturated rings. The highest BCUT2D eigenvalue weighted by molar-refractivity contribution is 7.11. The topological polar surface area (TPSA) is 79.2 Å². The average Bonchev–Trinajstić information content (AvgIpc) is 3.25. The predicted octanol–water partition coefficient (Wildman–Crippen LogP) is 4.65. The number of amides is 1. The highest BCUT2D eigenvalue weighted by Gasteiger charge is 2.17. The summed E-state index contributed by atoms with van der Waals surface area (Å²) in [7, 11) is 0. The lowest BCUT2D eigenvalue weighted by Gasteiger charge is -2.09. The fourth-order valence-corrected chi connectivity index (χ4v) is 3.39. The maximum Gasteiger partial charge on any atom is 0.340 e. The normalized spacial score (nSPS) is 10.8. The Kier molecular flexibility index (Phi) is 6.56. The third-order valence-electron chi connectivity index (χ3n) is 3.97. The third-order valence-corrected chi connectivity index (χ3v) is 4.87. The molecule has 0 aliphatic carbocycles. The van der Waals surface area contributed by atoms with Crippen LogP contribution in [-0.2, 0) is 14.3 Å². The summed E-state index contributed by atoms with van der Waals surface area (Å²) in [6.07, 6.45) is 1.76. The van der Waals surface area contributed by atoms with Crippen molar-refractivity contribution in [2.24, 2.45) is 0 Å². The molecule has 5 nitrogen and oxygen atoms in total. The number of esters is 1. The smallest absolute Gasteiger partial charge is 0.340 e. The van der Waals surface area contributed by atoms with Gasteiger partial charge in [0.1, 0.15) is 0 Å². The van der Waals surface area contributed by atoms with Gasteiger partial charge in [-0.15, -0.1) is 11.3 Å². The van der Waals surface area contributed by atoms with Crippen molar-refractivity contribution in [2.45, 2.75) is 6.92 Å². The van der Waals surface area contributed by atoms with Crippen LogP contribution in [0.5, 0.6) is 0 Å². The first-order valence-corrected chi connectivity index (χ1v) is 9.72. The van der Waals surface area contributed by atoms with Crippen LogP contribution < -0.4 is 5.32 Å². The van der Waals surface area contributed by atoms with Crippen LogP contribution in [0, 0.1) is 18.3 Å². The molecule has 0 atom stereocenters. The van der Waals surface area contributed by atoms with E-state index in [9.17, 15) is 9.59 Å². The highest BCUT2D eigenvalue weighted by atomic mass is 32.1. The van der Waals surface area contributed by atoms with Gasteiger partial charge in [-0.05, 0) is 48.2 Å². The summed E-state index contributed by atoms with van der Waals surface area (Å²) >= 11 is 1.42. The first-order chi connectivity index (χ1) is 14.0. The Bertz CT molecular complexity index is 1100. The molecule has 0 radical (unpaired) electrons. The molecule has 0 saturated carbocycles. The fraction of sp³-hybridized carbons (Fsp3) is 0.0870. The lowest BCUT2D eigenvalue weighted by Crippen LogP contribution is -2.21. The molecule has 0 unspecified atom stereocenters. The number of nitrogens with one attached hydrogen (secondary N) is 1. The van der Waals surface area contributed by atoms with Crippen molar-refractivity contribution in [1.82, 2.24) is 0 Å². The number of rotatable bonds is 6. The van der Waals surface area contributed by atoms with Gasteiger partial charge in [-0.1, -0.05) is 42.0 Å². The molecular weight excluding hydrogens is 384 g/mol. The van der Waals surface area contributed by atoms with Crippen LogP contribution >= 0.6 is 11.3 Å². The van der Waals surface area contributed by atoms with Gasteiger partial charge in [0, 0.05) is 10.6 Å². The van der Waals surface area contributed by atoms with Gasteiger partial charge < -0.3 is 10.1 Å². The van der Waals surface area contributed by atoms with Crippen molar-refractivity contribution in [3.8, 4) is 6.07 Å². The summed E-state index contributed by atoms with van der Waals surface area (Å²) in [5.41, 5.74) is 3.25. The van der Waals surface area contributed by atoms with E-state index in [0.717, 1.165) is 16.0 Å². The minimum absolute atomic E-state index is 0.393. The Hall–Kier alpha value is -3.69. The van der Waals surface area contributed by atoms with Gasteiger partial charge in [0.15, 0.2) is 6.61 Å². The summed E-state index contributed by atoms with van der Waals surface area (Å²) in [6, 6.07) is 20.0. The standard InChI is InChI=1S/C23H18N2O3S/c1-16-5-2-6-17(11-16)13-20(21-9-4-10-29-21)23(27)28-15-22(26)25-19-8-3-7-18(12-19)14-24/h2-13H,15H2,1H3,(H,25,26)/b20-13+. The van der Waals surface area contributed by atoms with Crippen LogP contribution in [0.4, 0.5) is 5.69 Å². The van der Waals surface area contributed by atoms with Crippen molar-refractivity contribution >= 4 is 40.5 Å². The number of aryl methyl sites for hydroxylation is 1. The van der Waals surface area contributed by atoms with Gasteiger partial charge in [0.25, 0.3) is 5.91 Å². The number of nitrogens with zero attached hydrogens (tertiary/aromatic N) is 1. The molecular formula is C23H18N2O3S. The van der Waals surface area contributed by atoms with E-state index in [4.69, 9.17) is 10.00 Å². The van der Waals surface area contributed by atoms with Crippen molar-refractivity contribution in [3.05, 3.63) is 87.6 Å². The van der Waals surface area contributed by atoms with Crippen molar-refractivity contribution in [1.29, 1.82) is 5.26 Å². The quantitative estimate of drug-likeness (QED) is 0.481. The fourth-order valence-electron chi connectivity index (χ4n) is 2.66. The Morgan fingerprint density at radius 3 is 2.69 bits per heavy atom. The van der Waals surface area contributed by atoms with E-state index in [1.54, 1.807) is 30.3 Å². The second-order valence-electron chi connectivity index (χ2n) is 6.27. The maximum atomic E-state index is 12.7. The first-order valence-electron chi connectivity index (χ1n) is 8.84. The Morgan fingerprint density at radius 2 is 1.97 bits per heavy atom. The van der Waals surface area contributed by atoms with Gasteiger partial charge in [0.2, 0.25) is 0 Å². The molecule has 0 aliphatic rings. The number of carbonyl (C=O) groups excluding carboxylic acids is 2. The number of ether oxygens (including phenoxy) is 1. The van der Waals surface area contributed by atoms with Crippen molar-refractivity contribution < 1.29 is 14.3 Å². The molecule has 6 heteroatoms. The van der Waals surface area contributed by atoms with E-state index < -0.39 is 18.5 Å². The lowest BCUT2D eigenvalue weighted by atomic mass is 10.1. The summed E-state index contributed by atoms with van der Waals surface area (Å²) in [4.78, 5) is 25.6. The number of hydrogen-bond acceptors (Lipinski definition) is 5. The molecule has 0 aliphatic heterocycles. The number of carbonyl (C=O) groups is 2. The Morgan fingerprint density at radius 1 is 1.14 bits per heavy atom. The number of nitriles is 1. The van der Waals surface area contributed by atoms with E-state index >= 15 is 0 Å². The number of thiophene rings is 1. The maximum absolute atomic E-state index is 12.7. The molecule has 0 saturated heterocycles. The minimum atomic E-state index is -0.574. The van der Waals surface area contributed by atoms with Gasteiger partial charge in [-0.3, -0.25) is 4.79 Å². The number of hydrogen-bond donors (Lipinski definition) is 1. The van der Waals surface area contributed by atoms with Crippen LogP contribution in [0.15, 0.2) is 66.0 Å². The Labute approximate surface area is 172 Å². The molecule has 1 aromatic heterocycles. The summed E-state index contributed by atoms with van der Waals surface area (Å²) < 4.78 is 5.24. The van der Waals surface area contributed by atoms with Gasteiger partial charge in [-0.2, -0.15) is 5.26 Å². The monoisotopic (exact) mass is 402 g/mol. The summed E-state index contributed by atoms with van der Waals surface area (Å²) in [6.45, 7) is 1.55. The van der Waals surface area contributed by atoms with Crippen LogP contribution in [-0.4, -0.2) is 18.5 Å².